The van der Waals surface area contributed by atoms with Crippen LogP contribution in [0.15, 0.2) is 12.1 Å². The number of aromatic nitrogens is 1. The van der Waals surface area contributed by atoms with Crippen LogP contribution < -0.4 is 0 Å². The van der Waals surface area contributed by atoms with Crippen molar-refractivity contribution in [3.63, 3.8) is 0 Å². The summed E-state index contributed by atoms with van der Waals surface area (Å²) in [4.78, 5) is 17.6. The van der Waals surface area contributed by atoms with Crippen LogP contribution in [0.5, 0.6) is 0 Å². The molecule has 1 aliphatic heterocycles. The van der Waals surface area contributed by atoms with Gasteiger partial charge in [-0.3, -0.25) is 9.78 Å². The molecule has 15 heavy (non-hydrogen) atoms. The van der Waals surface area contributed by atoms with Gasteiger partial charge in [0.25, 0.3) is 0 Å². The Morgan fingerprint density at radius 3 is 2.73 bits per heavy atom. The van der Waals surface area contributed by atoms with Crippen molar-refractivity contribution in [2.24, 2.45) is 0 Å². The van der Waals surface area contributed by atoms with Crippen LogP contribution in [-0.4, -0.2) is 15.8 Å². The van der Waals surface area contributed by atoms with Crippen molar-refractivity contribution in [2.45, 2.75) is 39.8 Å². The lowest BCUT2D eigenvalue weighted by Gasteiger charge is -2.10. The molecule has 0 unspecified atom stereocenters. The molecule has 0 N–H and O–H groups in total. The second-order valence-electron chi connectivity index (χ2n) is 4.37. The highest BCUT2D eigenvalue weighted by Crippen LogP contribution is 2.23. The highest BCUT2D eigenvalue weighted by Gasteiger charge is 2.22. The van der Waals surface area contributed by atoms with E-state index < -0.39 is 0 Å². The summed E-state index contributed by atoms with van der Waals surface area (Å²) in [5, 5.41) is 0. The van der Waals surface area contributed by atoms with Gasteiger partial charge in [-0.1, -0.05) is 19.9 Å². The van der Waals surface area contributed by atoms with Crippen LogP contribution >= 0.6 is 0 Å². The number of hydrogen-bond acceptors (Lipinski definition) is 2. The number of carbonyl (C=O) groups excluding carboxylic acids is 1. The Balaban J connectivity index is 2.27. The van der Waals surface area contributed by atoms with Crippen LogP contribution in [-0.2, 0) is 17.9 Å². The van der Waals surface area contributed by atoms with Crippen LogP contribution in [0, 0.1) is 0 Å². The number of amides is 1. The molecule has 0 bridgehead atoms. The van der Waals surface area contributed by atoms with Crippen LogP contribution in [0.2, 0.25) is 0 Å². The molecule has 0 atom stereocenters. The first kappa shape index (κ1) is 10.1. The molecule has 2 rings (SSSR count). The van der Waals surface area contributed by atoms with E-state index in [1.165, 1.54) is 5.56 Å². The summed E-state index contributed by atoms with van der Waals surface area (Å²) in [7, 11) is 0. The third-order valence-electron chi connectivity index (χ3n) is 2.83. The number of pyridine rings is 1. The van der Waals surface area contributed by atoms with Crippen molar-refractivity contribution < 1.29 is 4.79 Å². The molecule has 0 saturated carbocycles. The van der Waals surface area contributed by atoms with E-state index in [9.17, 15) is 4.79 Å². The molecule has 0 aromatic carbocycles. The van der Waals surface area contributed by atoms with Gasteiger partial charge >= 0.3 is 0 Å². The predicted octanol–water partition coefficient (Wildman–Crippen LogP) is 2.07. The summed E-state index contributed by atoms with van der Waals surface area (Å²) in [6.07, 6.45) is 0. The molecule has 0 radical (unpaired) electrons. The zero-order chi connectivity index (χ0) is 11.0. The molecule has 0 fully saturated rings. The van der Waals surface area contributed by atoms with E-state index in [0.29, 0.717) is 12.5 Å². The minimum Gasteiger partial charge on any atom is -0.333 e. The van der Waals surface area contributed by atoms with Crippen molar-refractivity contribution in [3.05, 3.63) is 29.1 Å². The Kier molecular flexibility index (Phi) is 2.47. The number of nitrogens with zero attached hydrogens (tertiary/aromatic N) is 2. The Labute approximate surface area is 90.1 Å². The molecule has 1 amide bonds. The minimum absolute atomic E-state index is 0.124. The van der Waals surface area contributed by atoms with Gasteiger partial charge in [-0.25, -0.2) is 0 Å². The minimum atomic E-state index is 0.124. The molecule has 0 aliphatic carbocycles. The van der Waals surface area contributed by atoms with Gasteiger partial charge in [0.15, 0.2) is 0 Å². The van der Waals surface area contributed by atoms with Crippen LogP contribution in [0.1, 0.15) is 43.6 Å². The largest absolute Gasteiger partial charge is 0.333 e. The SMILES string of the molecule is CC(=O)N1Cc2ccc(C(C)C)nc2C1. The van der Waals surface area contributed by atoms with Gasteiger partial charge in [0.1, 0.15) is 0 Å². The average Bonchev–Trinajstić information content (AvgIpc) is 2.59. The van der Waals surface area contributed by atoms with Gasteiger partial charge in [-0.15, -0.1) is 0 Å². The van der Waals surface area contributed by atoms with E-state index in [4.69, 9.17) is 0 Å². The lowest BCUT2D eigenvalue weighted by Crippen LogP contribution is -2.21. The van der Waals surface area contributed by atoms with Gasteiger partial charge in [0.2, 0.25) is 5.91 Å². The third-order valence-corrected chi connectivity index (χ3v) is 2.83. The molecule has 1 aromatic rings. The highest BCUT2D eigenvalue weighted by atomic mass is 16.2. The topological polar surface area (TPSA) is 33.2 Å². The molecule has 2 heterocycles. The van der Waals surface area contributed by atoms with Crippen molar-refractivity contribution in [1.29, 1.82) is 0 Å². The summed E-state index contributed by atoms with van der Waals surface area (Å²) in [5.74, 6) is 0.570. The highest BCUT2D eigenvalue weighted by molar-refractivity contribution is 5.73. The van der Waals surface area contributed by atoms with Crippen molar-refractivity contribution in [2.75, 3.05) is 0 Å². The molecule has 3 nitrogen and oxygen atoms in total. The average molecular weight is 204 g/mol. The van der Waals surface area contributed by atoms with E-state index >= 15 is 0 Å². The summed E-state index contributed by atoms with van der Waals surface area (Å²) in [5.41, 5.74) is 3.37. The van der Waals surface area contributed by atoms with Gasteiger partial charge < -0.3 is 4.90 Å². The standard InChI is InChI=1S/C12H16N2O/c1-8(2)11-5-4-10-6-14(9(3)15)7-12(10)13-11/h4-5,8H,6-7H2,1-3H3. The summed E-state index contributed by atoms with van der Waals surface area (Å²) >= 11 is 0. The van der Waals surface area contributed by atoms with E-state index in [0.717, 1.165) is 17.9 Å². The number of carbonyl (C=O) groups is 1. The second kappa shape index (κ2) is 3.65. The molecule has 1 aromatic heterocycles. The zero-order valence-corrected chi connectivity index (χ0v) is 9.45. The van der Waals surface area contributed by atoms with Crippen molar-refractivity contribution in [1.82, 2.24) is 9.88 Å². The quantitative estimate of drug-likeness (QED) is 0.701. The third kappa shape index (κ3) is 1.87. The fraction of sp³-hybridized carbons (Fsp3) is 0.500. The maximum absolute atomic E-state index is 11.2. The van der Waals surface area contributed by atoms with Crippen molar-refractivity contribution >= 4 is 5.91 Å². The molecule has 80 valence electrons. The first-order chi connectivity index (χ1) is 7.08. The molecule has 3 heteroatoms. The number of hydrogen-bond donors (Lipinski definition) is 0. The Bertz CT molecular complexity index is 399. The van der Waals surface area contributed by atoms with E-state index in [1.54, 1.807) is 6.92 Å². The molecular formula is C12H16N2O. The van der Waals surface area contributed by atoms with Crippen LogP contribution in [0.4, 0.5) is 0 Å². The van der Waals surface area contributed by atoms with Gasteiger partial charge in [-0.2, -0.15) is 0 Å². The monoisotopic (exact) mass is 204 g/mol. The summed E-state index contributed by atoms with van der Waals surface area (Å²) in [6.45, 7) is 7.26. The maximum atomic E-state index is 11.2. The normalized spacial score (nSPS) is 14.5. The lowest BCUT2D eigenvalue weighted by molar-refractivity contribution is -0.129. The Morgan fingerprint density at radius 2 is 2.13 bits per heavy atom. The molecular weight excluding hydrogens is 188 g/mol. The Hall–Kier alpha value is -1.38. The van der Waals surface area contributed by atoms with E-state index in [1.807, 2.05) is 4.90 Å². The number of fused-ring (bicyclic) bond motifs is 1. The van der Waals surface area contributed by atoms with Gasteiger partial charge in [0.05, 0.1) is 12.2 Å². The smallest absolute Gasteiger partial charge is 0.220 e. The summed E-state index contributed by atoms with van der Waals surface area (Å²) < 4.78 is 0. The van der Waals surface area contributed by atoms with Crippen molar-refractivity contribution in [3.8, 4) is 0 Å². The lowest BCUT2D eigenvalue weighted by atomic mass is 10.1. The fourth-order valence-corrected chi connectivity index (χ4v) is 1.81. The van der Waals surface area contributed by atoms with E-state index in [2.05, 4.69) is 31.0 Å². The predicted molar refractivity (Wildman–Crippen MR) is 58.3 cm³/mol. The van der Waals surface area contributed by atoms with Gasteiger partial charge in [-0.05, 0) is 17.5 Å². The Morgan fingerprint density at radius 1 is 1.40 bits per heavy atom. The van der Waals surface area contributed by atoms with E-state index in [-0.39, 0.29) is 5.91 Å². The number of rotatable bonds is 1. The van der Waals surface area contributed by atoms with Crippen LogP contribution in [0.3, 0.4) is 0 Å². The van der Waals surface area contributed by atoms with Crippen LogP contribution in [0.25, 0.3) is 0 Å². The fourth-order valence-electron chi connectivity index (χ4n) is 1.81. The second-order valence-corrected chi connectivity index (χ2v) is 4.37. The molecule has 0 spiro atoms. The molecule has 0 saturated heterocycles. The summed E-state index contributed by atoms with van der Waals surface area (Å²) in [6, 6.07) is 4.16. The zero-order valence-electron chi connectivity index (χ0n) is 9.45. The first-order valence-corrected chi connectivity index (χ1v) is 5.32. The molecule has 1 aliphatic rings. The maximum Gasteiger partial charge on any atom is 0.220 e. The van der Waals surface area contributed by atoms with Gasteiger partial charge in [0, 0.05) is 19.2 Å². The first-order valence-electron chi connectivity index (χ1n) is 5.32.